The number of nitro benzene ring substituents is 1. The molecule has 2 bridgehead atoms. The van der Waals surface area contributed by atoms with Crippen LogP contribution in [0.3, 0.4) is 0 Å². The molecule has 2 amide bonds. The average Bonchev–Trinajstić information content (AvgIpc) is 3.15. The highest BCUT2D eigenvalue weighted by Crippen LogP contribution is 2.57. The number of nitro groups is 1. The van der Waals surface area contributed by atoms with Gasteiger partial charge in [0.25, 0.3) is 5.69 Å². The van der Waals surface area contributed by atoms with Crippen LogP contribution in [0.15, 0.2) is 36.4 Å². The summed E-state index contributed by atoms with van der Waals surface area (Å²) in [5.74, 6) is -1.66. The van der Waals surface area contributed by atoms with Crippen LogP contribution < -0.4 is 4.90 Å². The lowest BCUT2D eigenvalue weighted by Gasteiger charge is -2.20. The molecule has 4 heterocycles. The Morgan fingerprint density at radius 3 is 2.04 bits per heavy atom. The molecule has 0 spiro atoms. The number of anilines is 1. The van der Waals surface area contributed by atoms with E-state index in [2.05, 4.69) is 0 Å². The molecule has 0 N–H and O–H groups in total. The molecule has 4 aliphatic heterocycles. The summed E-state index contributed by atoms with van der Waals surface area (Å²) in [7, 11) is 0. The maximum atomic E-state index is 13.0. The van der Waals surface area contributed by atoms with Crippen molar-refractivity contribution in [1.29, 1.82) is 0 Å². The van der Waals surface area contributed by atoms with Gasteiger partial charge in [-0.05, 0) is 12.1 Å². The van der Waals surface area contributed by atoms with Crippen LogP contribution >= 0.6 is 0 Å². The highest BCUT2D eigenvalue weighted by atomic mass is 16.7. The number of benzene rings is 2. The first-order chi connectivity index (χ1) is 12.6. The number of fused-ring (bicyclic) bond motifs is 9. The van der Waals surface area contributed by atoms with Crippen molar-refractivity contribution in [2.75, 3.05) is 4.90 Å². The fourth-order valence-corrected chi connectivity index (χ4v) is 4.84. The van der Waals surface area contributed by atoms with Gasteiger partial charge in [0.2, 0.25) is 11.8 Å². The fourth-order valence-electron chi connectivity index (χ4n) is 4.84. The normalized spacial score (nSPS) is 36.5. The molecule has 8 heteroatoms. The van der Waals surface area contributed by atoms with Crippen molar-refractivity contribution >= 4 is 34.0 Å². The van der Waals surface area contributed by atoms with Crippen LogP contribution in [-0.4, -0.2) is 41.2 Å². The molecule has 4 saturated heterocycles. The van der Waals surface area contributed by atoms with Gasteiger partial charge in [-0.15, -0.1) is 0 Å². The Labute approximate surface area is 146 Å². The van der Waals surface area contributed by atoms with E-state index >= 15 is 0 Å². The van der Waals surface area contributed by atoms with Gasteiger partial charge in [0.05, 0.1) is 40.0 Å². The number of imide groups is 1. The van der Waals surface area contributed by atoms with Gasteiger partial charge in [0.1, 0.15) is 12.2 Å². The van der Waals surface area contributed by atoms with Crippen LogP contribution in [0, 0.1) is 22.0 Å². The number of rotatable bonds is 2. The molecular weight excluding hydrogens is 340 g/mol. The lowest BCUT2D eigenvalue weighted by Crippen LogP contribution is -2.35. The highest BCUT2D eigenvalue weighted by Gasteiger charge is 2.75. The third-order valence-corrected chi connectivity index (χ3v) is 5.94. The predicted molar refractivity (Wildman–Crippen MR) is 87.4 cm³/mol. The first kappa shape index (κ1) is 14.3. The van der Waals surface area contributed by atoms with E-state index in [1.54, 1.807) is 24.3 Å². The van der Waals surface area contributed by atoms with Gasteiger partial charge in [-0.2, -0.15) is 0 Å². The monoisotopic (exact) mass is 352 g/mol. The Balaban J connectivity index is 1.50. The molecule has 2 aromatic carbocycles. The number of ether oxygens (including phenoxy) is 2. The smallest absolute Gasteiger partial charge is 0.277 e. The molecular formula is C18H12N2O6. The third-order valence-electron chi connectivity index (χ3n) is 5.94. The minimum Gasteiger partial charge on any atom is -0.368 e. The highest BCUT2D eigenvalue weighted by molar-refractivity contribution is 6.26. The first-order valence-corrected chi connectivity index (χ1v) is 8.43. The second-order valence-corrected chi connectivity index (χ2v) is 7.10. The van der Waals surface area contributed by atoms with Crippen molar-refractivity contribution in [3.63, 3.8) is 0 Å². The number of carbonyl (C=O) groups excluding carboxylic acids is 2. The molecule has 0 aliphatic carbocycles. The van der Waals surface area contributed by atoms with Gasteiger partial charge < -0.3 is 9.47 Å². The zero-order valence-electron chi connectivity index (χ0n) is 13.3. The standard InChI is InChI=1S/C18H12N2O6/c21-17-11-12(14-16-15(26-16)13(11)25-14)18(22)19(17)9-5-6-10(20(23)24)8-4-2-1-3-7(8)9/h1-6,11-16H/t11-,12+,13-,14+,15+,16-. The maximum Gasteiger partial charge on any atom is 0.277 e. The van der Waals surface area contributed by atoms with Crippen molar-refractivity contribution < 1.29 is 24.0 Å². The largest absolute Gasteiger partial charge is 0.368 e. The van der Waals surface area contributed by atoms with E-state index in [-0.39, 0.29) is 41.9 Å². The van der Waals surface area contributed by atoms with Crippen molar-refractivity contribution in [2.24, 2.45) is 11.8 Å². The van der Waals surface area contributed by atoms with Crippen molar-refractivity contribution in [3.05, 3.63) is 46.5 Å². The fraction of sp³-hybridized carbons (Fsp3) is 0.333. The van der Waals surface area contributed by atoms with Crippen LogP contribution in [0.2, 0.25) is 0 Å². The van der Waals surface area contributed by atoms with Gasteiger partial charge >= 0.3 is 0 Å². The summed E-state index contributed by atoms with van der Waals surface area (Å²) in [4.78, 5) is 38.1. The van der Waals surface area contributed by atoms with Crippen LogP contribution in [-0.2, 0) is 19.1 Å². The third kappa shape index (κ3) is 1.52. The molecule has 130 valence electrons. The van der Waals surface area contributed by atoms with Gasteiger partial charge in [-0.3, -0.25) is 19.7 Å². The molecule has 26 heavy (non-hydrogen) atoms. The Morgan fingerprint density at radius 2 is 1.42 bits per heavy atom. The number of nitrogens with zero attached hydrogens (tertiary/aromatic N) is 2. The topological polar surface area (TPSA) is 102 Å². The van der Waals surface area contributed by atoms with Gasteiger partial charge in [-0.25, -0.2) is 4.90 Å². The van der Waals surface area contributed by atoms with E-state index in [4.69, 9.17) is 9.47 Å². The molecule has 6 atom stereocenters. The lowest BCUT2D eigenvalue weighted by atomic mass is 9.81. The molecule has 0 aromatic heterocycles. The minimum atomic E-state index is -0.523. The molecule has 8 nitrogen and oxygen atoms in total. The number of hydrogen-bond donors (Lipinski definition) is 0. The summed E-state index contributed by atoms with van der Waals surface area (Å²) in [6.45, 7) is 0. The second-order valence-electron chi connectivity index (χ2n) is 7.10. The number of non-ortho nitro benzene ring substituents is 1. The maximum absolute atomic E-state index is 13.0. The number of amides is 2. The Kier molecular flexibility index (Phi) is 2.46. The Bertz CT molecular complexity index is 1000. The second kappa shape index (κ2) is 4.46. The first-order valence-electron chi connectivity index (χ1n) is 8.43. The summed E-state index contributed by atoms with van der Waals surface area (Å²) in [5, 5.41) is 12.2. The number of carbonyl (C=O) groups is 2. The van der Waals surface area contributed by atoms with Crippen molar-refractivity contribution in [2.45, 2.75) is 24.4 Å². The Morgan fingerprint density at radius 1 is 0.846 bits per heavy atom. The van der Waals surface area contributed by atoms with E-state index < -0.39 is 16.8 Å². The Hall–Kier alpha value is -2.84. The van der Waals surface area contributed by atoms with Crippen LogP contribution in [0.4, 0.5) is 11.4 Å². The summed E-state index contributed by atoms with van der Waals surface area (Å²) in [6, 6.07) is 9.57. The molecule has 0 radical (unpaired) electrons. The van der Waals surface area contributed by atoms with Crippen LogP contribution in [0.5, 0.6) is 0 Å². The van der Waals surface area contributed by atoms with E-state index in [1.807, 2.05) is 0 Å². The average molecular weight is 352 g/mol. The van der Waals surface area contributed by atoms with Crippen molar-refractivity contribution in [3.8, 4) is 0 Å². The zero-order chi connectivity index (χ0) is 17.7. The number of hydrogen-bond acceptors (Lipinski definition) is 6. The quantitative estimate of drug-likeness (QED) is 0.350. The van der Waals surface area contributed by atoms with Crippen molar-refractivity contribution in [1.82, 2.24) is 0 Å². The summed E-state index contributed by atoms with van der Waals surface area (Å²) < 4.78 is 11.3. The summed E-state index contributed by atoms with van der Waals surface area (Å²) in [5.41, 5.74) is 0.339. The lowest BCUT2D eigenvalue weighted by molar-refractivity contribution is -0.383. The van der Waals surface area contributed by atoms with Crippen LogP contribution in [0.25, 0.3) is 10.8 Å². The minimum absolute atomic E-state index is 0.0540. The number of epoxide rings is 1. The van der Waals surface area contributed by atoms with E-state index in [1.165, 1.54) is 17.0 Å². The van der Waals surface area contributed by atoms with Gasteiger partial charge in [0.15, 0.2) is 0 Å². The zero-order valence-corrected chi connectivity index (χ0v) is 13.3. The van der Waals surface area contributed by atoms with Crippen LogP contribution in [0.1, 0.15) is 0 Å². The summed E-state index contributed by atoms with van der Waals surface area (Å²) >= 11 is 0. The predicted octanol–water partition coefficient (Wildman–Crippen LogP) is 1.40. The van der Waals surface area contributed by atoms with Gasteiger partial charge in [-0.1, -0.05) is 18.2 Å². The summed E-state index contributed by atoms with van der Waals surface area (Å²) in [6.07, 6.45) is -0.875. The molecule has 4 fully saturated rings. The molecule has 0 unspecified atom stereocenters. The molecule has 4 aliphatic rings. The van der Waals surface area contributed by atoms with Gasteiger partial charge in [0, 0.05) is 11.5 Å². The van der Waals surface area contributed by atoms with E-state index in [0.717, 1.165) is 0 Å². The van der Waals surface area contributed by atoms with E-state index in [9.17, 15) is 19.7 Å². The molecule has 0 saturated carbocycles. The SMILES string of the molecule is O=C1[C@@H]2[C@@H]3O[C@@H]([C@@H]4O[C@@H]43)[C@@H]2C(=O)N1c1ccc([N+](=O)[O-])c2ccccc12. The van der Waals surface area contributed by atoms with E-state index in [0.29, 0.717) is 16.5 Å². The molecule has 2 aromatic rings. The molecule has 6 rings (SSSR count).